The summed E-state index contributed by atoms with van der Waals surface area (Å²) in [6.07, 6.45) is 1.69. The molecule has 1 amide bonds. The predicted octanol–water partition coefficient (Wildman–Crippen LogP) is 2.18. The minimum Gasteiger partial charge on any atom is -0.347 e. The monoisotopic (exact) mass is 268 g/mol. The molecule has 0 bridgehead atoms. The summed E-state index contributed by atoms with van der Waals surface area (Å²) in [5, 5.41) is 2.92. The maximum atomic E-state index is 13.1. The third kappa shape index (κ3) is 3.29. The summed E-state index contributed by atoms with van der Waals surface area (Å²) < 4.78 is 25.9. The molecule has 1 N–H and O–H groups in total. The molecule has 0 radical (unpaired) electrons. The lowest BCUT2D eigenvalue weighted by atomic mass is 9.89. The van der Waals surface area contributed by atoms with Crippen LogP contribution in [0.15, 0.2) is 18.2 Å². The van der Waals surface area contributed by atoms with Gasteiger partial charge in [0.05, 0.1) is 0 Å². The van der Waals surface area contributed by atoms with Crippen molar-refractivity contribution in [3.63, 3.8) is 0 Å². The number of carbonyl (C=O) groups excluding carboxylic acids is 1. The zero-order valence-electron chi connectivity index (χ0n) is 11.2. The van der Waals surface area contributed by atoms with Crippen LogP contribution in [-0.2, 0) is 0 Å². The second kappa shape index (κ2) is 5.25. The Balaban J connectivity index is 2.06. The molecule has 1 aliphatic rings. The van der Waals surface area contributed by atoms with Gasteiger partial charge in [0.25, 0.3) is 5.91 Å². The van der Waals surface area contributed by atoms with Crippen LogP contribution in [-0.4, -0.2) is 36.5 Å². The summed E-state index contributed by atoms with van der Waals surface area (Å²) >= 11 is 0. The molecule has 0 atom stereocenters. The summed E-state index contributed by atoms with van der Waals surface area (Å²) in [7, 11) is 2.04. The second-order valence-corrected chi connectivity index (χ2v) is 5.45. The molecule has 1 heterocycles. The van der Waals surface area contributed by atoms with Gasteiger partial charge in [-0.05, 0) is 45.0 Å². The predicted molar refractivity (Wildman–Crippen MR) is 69.0 cm³/mol. The smallest absolute Gasteiger partial charge is 0.251 e. The van der Waals surface area contributed by atoms with Crippen molar-refractivity contribution in [1.29, 1.82) is 0 Å². The van der Waals surface area contributed by atoms with Crippen LogP contribution in [0.4, 0.5) is 8.78 Å². The number of hydrogen-bond donors (Lipinski definition) is 1. The van der Waals surface area contributed by atoms with Gasteiger partial charge in [-0.2, -0.15) is 0 Å². The van der Waals surface area contributed by atoms with Gasteiger partial charge in [0.15, 0.2) is 11.6 Å². The maximum Gasteiger partial charge on any atom is 0.251 e. The molecule has 0 aliphatic carbocycles. The van der Waals surface area contributed by atoms with Crippen molar-refractivity contribution >= 4 is 5.91 Å². The van der Waals surface area contributed by atoms with Gasteiger partial charge in [-0.25, -0.2) is 8.78 Å². The number of nitrogens with one attached hydrogen (secondary N) is 1. The summed E-state index contributed by atoms with van der Waals surface area (Å²) in [5.74, 6) is -2.30. The Hall–Kier alpha value is -1.49. The molecule has 1 aromatic rings. The van der Waals surface area contributed by atoms with Crippen LogP contribution < -0.4 is 5.32 Å². The summed E-state index contributed by atoms with van der Waals surface area (Å²) in [4.78, 5) is 14.2. The first-order valence-corrected chi connectivity index (χ1v) is 6.36. The molecular weight excluding hydrogens is 250 g/mol. The zero-order valence-corrected chi connectivity index (χ0v) is 11.2. The molecule has 2 rings (SSSR count). The Morgan fingerprint density at radius 2 is 1.89 bits per heavy atom. The Morgan fingerprint density at radius 1 is 1.26 bits per heavy atom. The lowest BCUT2D eigenvalue weighted by Gasteiger charge is -2.38. The minimum absolute atomic E-state index is 0.152. The Labute approximate surface area is 111 Å². The van der Waals surface area contributed by atoms with Crippen molar-refractivity contribution in [1.82, 2.24) is 10.2 Å². The maximum absolute atomic E-state index is 13.1. The van der Waals surface area contributed by atoms with E-state index in [9.17, 15) is 13.6 Å². The average molecular weight is 268 g/mol. The van der Waals surface area contributed by atoms with Gasteiger partial charge in [-0.15, -0.1) is 0 Å². The lowest BCUT2D eigenvalue weighted by molar-refractivity contribution is 0.0851. The van der Waals surface area contributed by atoms with Crippen LogP contribution in [0.5, 0.6) is 0 Å². The standard InChI is InChI=1S/C14H18F2N2O/c1-14(5-7-18(2)8-6-14)17-13(19)10-3-4-11(15)12(16)9-10/h3-4,9H,5-8H2,1-2H3,(H,17,19). The van der Waals surface area contributed by atoms with E-state index >= 15 is 0 Å². The fourth-order valence-corrected chi connectivity index (χ4v) is 2.22. The van der Waals surface area contributed by atoms with Crippen LogP contribution >= 0.6 is 0 Å². The summed E-state index contributed by atoms with van der Waals surface area (Å²) in [6, 6.07) is 3.20. The van der Waals surface area contributed by atoms with Gasteiger partial charge in [-0.3, -0.25) is 4.79 Å². The molecule has 1 aromatic carbocycles. The van der Waals surface area contributed by atoms with Crippen molar-refractivity contribution in [2.45, 2.75) is 25.3 Å². The van der Waals surface area contributed by atoms with Gasteiger partial charge in [0.1, 0.15) is 0 Å². The molecule has 1 aliphatic heterocycles. The number of piperidine rings is 1. The van der Waals surface area contributed by atoms with Gasteiger partial charge in [0, 0.05) is 24.2 Å². The van der Waals surface area contributed by atoms with Crippen LogP contribution in [0, 0.1) is 11.6 Å². The first kappa shape index (κ1) is 13.9. The highest BCUT2D eigenvalue weighted by molar-refractivity contribution is 5.94. The van der Waals surface area contributed by atoms with Crippen molar-refractivity contribution in [3.05, 3.63) is 35.4 Å². The van der Waals surface area contributed by atoms with Gasteiger partial charge in [0.2, 0.25) is 0 Å². The largest absolute Gasteiger partial charge is 0.347 e. The van der Waals surface area contributed by atoms with Gasteiger partial charge >= 0.3 is 0 Å². The fourth-order valence-electron chi connectivity index (χ4n) is 2.22. The third-order valence-corrected chi connectivity index (χ3v) is 3.69. The van der Waals surface area contributed by atoms with E-state index in [2.05, 4.69) is 10.2 Å². The Kier molecular flexibility index (Phi) is 3.85. The highest BCUT2D eigenvalue weighted by Crippen LogP contribution is 2.21. The molecule has 0 spiro atoms. The fraction of sp³-hybridized carbons (Fsp3) is 0.500. The Morgan fingerprint density at radius 3 is 2.47 bits per heavy atom. The lowest BCUT2D eigenvalue weighted by Crippen LogP contribution is -2.52. The average Bonchev–Trinajstić information content (AvgIpc) is 2.36. The Bertz CT molecular complexity index is 482. The number of likely N-dealkylation sites (tertiary alicyclic amines) is 1. The molecule has 5 heteroatoms. The molecule has 3 nitrogen and oxygen atoms in total. The number of rotatable bonds is 2. The first-order chi connectivity index (χ1) is 8.89. The summed E-state index contributed by atoms with van der Waals surface area (Å²) in [6.45, 7) is 3.81. The van der Waals surface area contributed by atoms with E-state index in [4.69, 9.17) is 0 Å². The van der Waals surface area contributed by atoms with Crippen LogP contribution in [0.3, 0.4) is 0 Å². The van der Waals surface area contributed by atoms with Gasteiger partial charge in [-0.1, -0.05) is 0 Å². The van der Waals surface area contributed by atoms with E-state index in [0.717, 1.165) is 38.1 Å². The molecular formula is C14H18F2N2O. The second-order valence-electron chi connectivity index (χ2n) is 5.45. The van der Waals surface area contributed by atoms with Crippen molar-refractivity contribution < 1.29 is 13.6 Å². The van der Waals surface area contributed by atoms with E-state index in [1.54, 1.807) is 0 Å². The summed E-state index contributed by atoms with van der Waals surface area (Å²) in [5.41, 5.74) is -0.131. The molecule has 0 unspecified atom stereocenters. The number of hydrogen-bond acceptors (Lipinski definition) is 2. The minimum atomic E-state index is -0.999. The van der Waals surface area contributed by atoms with E-state index in [0.29, 0.717) is 0 Å². The normalized spacial score (nSPS) is 19.2. The van der Waals surface area contributed by atoms with E-state index in [-0.39, 0.29) is 17.0 Å². The highest BCUT2D eigenvalue weighted by atomic mass is 19.2. The van der Waals surface area contributed by atoms with E-state index < -0.39 is 11.6 Å². The van der Waals surface area contributed by atoms with E-state index in [1.807, 2.05) is 14.0 Å². The third-order valence-electron chi connectivity index (χ3n) is 3.69. The number of benzene rings is 1. The SMILES string of the molecule is CN1CCC(C)(NC(=O)c2ccc(F)c(F)c2)CC1. The quantitative estimate of drug-likeness (QED) is 0.891. The van der Waals surface area contributed by atoms with E-state index in [1.165, 1.54) is 6.07 Å². The molecule has 0 aromatic heterocycles. The molecule has 1 fully saturated rings. The van der Waals surface area contributed by atoms with Crippen molar-refractivity contribution in [2.75, 3.05) is 20.1 Å². The van der Waals surface area contributed by atoms with Crippen LogP contribution in [0.1, 0.15) is 30.1 Å². The van der Waals surface area contributed by atoms with Gasteiger partial charge < -0.3 is 10.2 Å². The zero-order chi connectivity index (χ0) is 14.0. The molecule has 19 heavy (non-hydrogen) atoms. The van der Waals surface area contributed by atoms with Crippen molar-refractivity contribution in [3.8, 4) is 0 Å². The molecule has 0 saturated carbocycles. The number of halogens is 2. The van der Waals surface area contributed by atoms with Crippen molar-refractivity contribution in [2.24, 2.45) is 0 Å². The van der Waals surface area contributed by atoms with Crippen LogP contribution in [0.2, 0.25) is 0 Å². The topological polar surface area (TPSA) is 32.3 Å². The molecule has 1 saturated heterocycles. The molecule has 104 valence electrons. The highest BCUT2D eigenvalue weighted by Gasteiger charge is 2.30. The number of amides is 1. The number of carbonyl (C=O) groups is 1. The van der Waals surface area contributed by atoms with Crippen LogP contribution in [0.25, 0.3) is 0 Å². The number of nitrogens with zero attached hydrogens (tertiary/aromatic N) is 1. The first-order valence-electron chi connectivity index (χ1n) is 6.36.